The second-order valence-electron chi connectivity index (χ2n) is 4.65. The average Bonchev–Trinajstić information content (AvgIpc) is 2.73. The van der Waals surface area contributed by atoms with E-state index in [0.717, 1.165) is 30.2 Å². The first kappa shape index (κ1) is 17.3. The lowest BCUT2D eigenvalue weighted by Crippen LogP contribution is -1.98. The van der Waals surface area contributed by atoms with Gasteiger partial charge in [-0.1, -0.05) is 32.4 Å². The Hall–Kier alpha value is -0.740. The highest BCUT2D eigenvalue weighted by atomic mass is 35.5. The van der Waals surface area contributed by atoms with Crippen LogP contribution in [0.1, 0.15) is 37.1 Å². The molecule has 0 bridgehead atoms. The van der Waals surface area contributed by atoms with Crippen LogP contribution >= 0.6 is 22.9 Å². The van der Waals surface area contributed by atoms with E-state index in [1.54, 1.807) is 18.2 Å². The van der Waals surface area contributed by atoms with Crippen LogP contribution in [-0.2, 0) is 18.3 Å². The van der Waals surface area contributed by atoms with E-state index in [-0.39, 0.29) is 12.4 Å². The molecule has 1 aromatic carbocycles. The first-order chi connectivity index (χ1) is 8.99. The van der Waals surface area contributed by atoms with Crippen molar-refractivity contribution in [2.75, 3.05) is 0 Å². The Balaban J connectivity index is 0.00000200. The van der Waals surface area contributed by atoms with Crippen molar-refractivity contribution in [1.29, 1.82) is 0 Å². The molecule has 0 amide bonds. The van der Waals surface area contributed by atoms with Gasteiger partial charge >= 0.3 is 5.51 Å². The molecule has 1 heterocycles. The first-order valence-electron chi connectivity index (χ1n) is 6.62. The van der Waals surface area contributed by atoms with Crippen LogP contribution in [0.4, 0.5) is 13.2 Å². The molecule has 0 aliphatic carbocycles. The van der Waals surface area contributed by atoms with Gasteiger partial charge in [-0.3, -0.25) is 0 Å². The van der Waals surface area contributed by atoms with Gasteiger partial charge < -0.3 is 0 Å². The molecule has 0 spiro atoms. The average molecular weight is 324 g/mol. The molecule has 0 radical (unpaired) electrons. The Kier molecular flexibility index (Phi) is 5.90. The van der Waals surface area contributed by atoms with E-state index in [0.29, 0.717) is 16.0 Å². The lowest BCUT2D eigenvalue weighted by Gasteiger charge is -2.00. The Morgan fingerprint density at radius 2 is 1.85 bits per heavy atom. The standard InChI is InChI=1S/C15H18F3S.ClH/c1-3-5-8-12-10-13-11(4-2)7-6-9-14(13)19(12)15(16,17)18;/h6-7,9-10H,3-5,8H2,1-2H3;1H/q+1;. The summed E-state index contributed by atoms with van der Waals surface area (Å²) >= 11 is 0. The van der Waals surface area contributed by atoms with Gasteiger partial charge in [0.25, 0.3) is 0 Å². The van der Waals surface area contributed by atoms with E-state index in [1.165, 1.54) is 0 Å². The number of alkyl halides is 3. The fraction of sp³-hybridized carbons (Fsp3) is 0.467. The van der Waals surface area contributed by atoms with Gasteiger partial charge in [0.1, 0.15) is 0 Å². The zero-order valence-corrected chi connectivity index (χ0v) is 13.2. The third-order valence-corrected chi connectivity index (χ3v) is 5.44. The normalized spacial score (nSPS) is 12.6. The van der Waals surface area contributed by atoms with Crippen molar-refractivity contribution in [3.8, 4) is 0 Å². The predicted molar refractivity (Wildman–Crippen MR) is 83.0 cm³/mol. The second kappa shape index (κ2) is 6.81. The van der Waals surface area contributed by atoms with E-state index in [2.05, 4.69) is 0 Å². The molecule has 0 nitrogen and oxygen atoms in total. The minimum atomic E-state index is -4.16. The van der Waals surface area contributed by atoms with Gasteiger partial charge in [0, 0.05) is 17.9 Å². The fourth-order valence-corrected chi connectivity index (χ4v) is 4.44. The molecule has 5 heteroatoms. The molecule has 20 heavy (non-hydrogen) atoms. The number of unbranched alkanes of at least 4 members (excludes halogenated alkanes) is 1. The van der Waals surface area contributed by atoms with E-state index in [1.807, 2.05) is 19.9 Å². The molecule has 1 atom stereocenters. The van der Waals surface area contributed by atoms with Crippen LogP contribution in [0, 0.1) is 0 Å². The predicted octanol–water partition coefficient (Wildman–Crippen LogP) is 6.39. The second-order valence-corrected chi connectivity index (χ2v) is 6.69. The highest BCUT2D eigenvalue weighted by Gasteiger charge is 2.47. The molecule has 0 aliphatic rings. The van der Waals surface area contributed by atoms with E-state index in [9.17, 15) is 13.2 Å². The maximum absolute atomic E-state index is 13.3. The van der Waals surface area contributed by atoms with Crippen molar-refractivity contribution in [3.63, 3.8) is 0 Å². The van der Waals surface area contributed by atoms with Crippen LogP contribution < -0.4 is 0 Å². The number of fused-ring (bicyclic) bond motifs is 1. The van der Waals surface area contributed by atoms with Crippen LogP contribution in [0.25, 0.3) is 10.1 Å². The summed E-state index contributed by atoms with van der Waals surface area (Å²) < 4.78 is 40.4. The summed E-state index contributed by atoms with van der Waals surface area (Å²) in [6.45, 7) is 3.99. The summed E-state index contributed by atoms with van der Waals surface area (Å²) in [5.41, 5.74) is -3.14. The van der Waals surface area contributed by atoms with Gasteiger partial charge in [0.2, 0.25) is 0 Å². The van der Waals surface area contributed by atoms with E-state index < -0.39 is 16.0 Å². The fourth-order valence-electron chi connectivity index (χ4n) is 2.40. The zero-order valence-electron chi connectivity index (χ0n) is 11.6. The molecule has 112 valence electrons. The van der Waals surface area contributed by atoms with E-state index >= 15 is 0 Å². The number of thiophene rings is 1. The molecule has 0 saturated heterocycles. The Bertz CT molecular complexity index is 572. The summed E-state index contributed by atoms with van der Waals surface area (Å²) in [7, 11) is -1.71. The van der Waals surface area contributed by atoms with Gasteiger partial charge in [-0.15, -0.1) is 25.6 Å². The Morgan fingerprint density at radius 1 is 1.15 bits per heavy atom. The molecular weight excluding hydrogens is 305 g/mol. The number of benzene rings is 1. The number of hydrogen-bond donors (Lipinski definition) is 0. The smallest absolute Gasteiger partial charge is 0.147 e. The van der Waals surface area contributed by atoms with Gasteiger partial charge in [-0.2, -0.15) is 0 Å². The number of halogens is 4. The van der Waals surface area contributed by atoms with Crippen LogP contribution in [0.2, 0.25) is 0 Å². The van der Waals surface area contributed by atoms with Crippen molar-refractivity contribution in [3.05, 3.63) is 34.7 Å². The van der Waals surface area contributed by atoms with Crippen LogP contribution in [0.3, 0.4) is 0 Å². The Labute approximate surface area is 126 Å². The van der Waals surface area contributed by atoms with Crippen molar-refractivity contribution >= 4 is 33.0 Å². The van der Waals surface area contributed by atoms with Crippen molar-refractivity contribution < 1.29 is 13.2 Å². The summed E-state index contributed by atoms with van der Waals surface area (Å²) in [5, 5.41) is 0.816. The SMILES string of the molecule is CCCCc1cc2c(CC)cccc2[s+]1C(F)(F)F.Cl. The van der Waals surface area contributed by atoms with Crippen LogP contribution in [0.15, 0.2) is 24.3 Å². The van der Waals surface area contributed by atoms with Crippen molar-refractivity contribution in [2.45, 2.75) is 45.0 Å². The summed E-state index contributed by atoms with van der Waals surface area (Å²) in [6, 6.07) is 7.11. The first-order valence-corrected chi connectivity index (χ1v) is 7.85. The lowest BCUT2D eigenvalue weighted by atomic mass is 10.1. The molecule has 0 fully saturated rings. The summed E-state index contributed by atoms with van der Waals surface area (Å²) in [5.74, 6) is 0. The highest BCUT2D eigenvalue weighted by Crippen LogP contribution is 2.51. The highest BCUT2D eigenvalue weighted by molar-refractivity contribution is 7.38. The maximum Gasteiger partial charge on any atom is 0.600 e. The van der Waals surface area contributed by atoms with Gasteiger partial charge in [0.05, 0.1) is 10.5 Å². The van der Waals surface area contributed by atoms with Crippen LogP contribution in [-0.4, -0.2) is 0 Å². The van der Waals surface area contributed by atoms with Gasteiger partial charge in [-0.05, 0) is 24.5 Å². The monoisotopic (exact) mass is 323 g/mol. The number of aryl methyl sites for hydroxylation is 2. The quantitative estimate of drug-likeness (QED) is 0.572. The molecule has 1 unspecified atom stereocenters. The van der Waals surface area contributed by atoms with Crippen molar-refractivity contribution in [1.82, 2.24) is 0 Å². The van der Waals surface area contributed by atoms with Gasteiger partial charge in [-0.25, -0.2) is 0 Å². The zero-order chi connectivity index (χ0) is 14.0. The number of hydrogen-bond acceptors (Lipinski definition) is 0. The van der Waals surface area contributed by atoms with Gasteiger partial charge in [0.15, 0.2) is 9.58 Å². The minimum Gasteiger partial charge on any atom is -0.147 e. The number of rotatable bonds is 4. The summed E-state index contributed by atoms with van der Waals surface area (Å²) in [6.07, 6.45) is 3.07. The van der Waals surface area contributed by atoms with Crippen molar-refractivity contribution in [2.24, 2.45) is 0 Å². The summed E-state index contributed by atoms with van der Waals surface area (Å²) in [4.78, 5) is 0.560. The third kappa shape index (κ3) is 3.29. The molecule has 1 aromatic heterocycles. The molecule has 0 saturated carbocycles. The molecule has 2 rings (SSSR count). The van der Waals surface area contributed by atoms with E-state index in [4.69, 9.17) is 0 Å². The Morgan fingerprint density at radius 3 is 2.40 bits per heavy atom. The lowest BCUT2D eigenvalue weighted by molar-refractivity contribution is -0.0867. The molecule has 0 aliphatic heterocycles. The largest absolute Gasteiger partial charge is 0.600 e. The molecular formula is C15H19ClF3S+. The maximum atomic E-state index is 13.3. The molecule has 0 N–H and O–H groups in total. The topological polar surface area (TPSA) is 0 Å². The minimum absolute atomic E-state index is 0. The van der Waals surface area contributed by atoms with Crippen LogP contribution in [0.5, 0.6) is 0 Å². The molecule has 2 aromatic rings. The third-order valence-electron chi connectivity index (χ3n) is 3.33.